The smallest absolute Gasteiger partial charge is 0.290 e. The van der Waals surface area contributed by atoms with Crippen LogP contribution < -0.4 is 0 Å². The molecule has 170 valence electrons. The van der Waals surface area contributed by atoms with Crippen molar-refractivity contribution in [3.63, 3.8) is 0 Å². The van der Waals surface area contributed by atoms with Gasteiger partial charge in [-0.25, -0.2) is 0 Å². The van der Waals surface area contributed by atoms with Gasteiger partial charge in [-0.05, 0) is 68.6 Å². The highest BCUT2D eigenvalue weighted by atomic mass is 16.3. The van der Waals surface area contributed by atoms with Gasteiger partial charge in [0.05, 0.1) is 11.4 Å². The van der Waals surface area contributed by atoms with E-state index in [0.29, 0.717) is 0 Å². The van der Waals surface area contributed by atoms with E-state index >= 15 is 0 Å². The first-order chi connectivity index (χ1) is 16.1. The number of likely N-dealkylation sites (tertiary alicyclic amines) is 1. The molecule has 1 N–H and O–H groups in total. The minimum Gasteiger partial charge on any atom is -0.483 e. The second kappa shape index (κ2) is 10.5. The van der Waals surface area contributed by atoms with Crippen molar-refractivity contribution in [3.8, 4) is 22.5 Å². The van der Waals surface area contributed by atoms with Gasteiger partial charge in [0.25, 0.3) is 6.47 Å². The van der Waals surface area contributed by atoms with E-state index < -0.39 is 0 Å². The van der Waals surface area contributed by atoms with Crippen molar-refractivity contribution >= 4 is 17.4 Å². The lowest BCUT2D eigenvalue weighted by Crippen LogP contribution is -2.29. The fourth-order valence-corrected chi connectivity index (χ4v) is 4.67. The molecule has 0 radical (unpaired) electrons. The number of hydrogen-bond acceptors (Lipinski definition) is 4. The van der Waals surface area contributed by atoms with E-state index in [-0.39, 0.29) is 6.47 Å². The monoisotopic (exact) mass is 442 g/mol. The average Bonchev–Trinajstić information content (AvgIpc) is 3.25. The number of piperidine rings is 1. The summed E-state index contributed by atoms with van der Waals surface area (Å²) >= 11 is 0. The molecular weight excluding hydrogens is 412 g/mol. The first-order valence-corrected chi connectivity index (χ1v) is 11.5. The molecule has 5 heteroatoms. The summed E-state index contributed by atoms with van der Waals surface area (Å²) in [7, 11) is 0. The van der Waals surface area contributed by atoms with Crippen molar-refractivity contribution in [1.29, 1.82) is 0 Å². The largest absolute Gasteiger partial charge is 0.483 e. The highest BCUT2D eigenvalue weighted by Crippen LogP contribution is 2.35. The molecule has 0 saturated carbocycles. The van der Waals surface area contributed by atoms with Crippen LogP contribution in [0.25, 0.3) is 33.4 Å². The fraction of sp³-hybridized carbons (Fsp3) is 0.286. The lowest BCUT2D eigenvalue weighted by atomic mass is 9.95. The molecule has 0 aliphatic carbocycles. The van der Waals surface area contributed by atoms with E-state index in [2.05, 4.69) is 79.4 Å². The lowest BCUT2D eigenvalue weighted by Gasteiger charge is -2.26. The van der Waals surface area contributed by atoms with Crippen LogP contribution >= 0.6 is 0 Å². The Kier molecular flexibility index (Phi) is 7.20. The third-order valence-corrected chi connectivity index (χ3v) is 6.24. The first kappa shape index (κ1) is 22.7. The molecule has 2 aromatic heterocycles. The Morgan fingerprint density at radius 3 is 2.39 bits per heavy atom. The third kappa shape index (κ3) is 5.15. The molecule has 33 heavy (non-hydrogen) atoms. The fourth-order valence-electron chi connectivity index (χ4n) is 4.67. The molecule has 5 rings (SSSR count). The molecule has 0 atom stereocenters. The normalized spacial score (nSPS) is 14.0. The van der Waals surface area contributed by atoms with Gasteiger partial charge >= 0.3 is 0 Å². The Labute approximate surface area is 194 Å². The molecular formula is C28H30N2O3. The maximum atomic E-state index is 8.36. The summed E-state index contributed by atoms with van der Waals surface area (Å²) in [5.41, 5.74) is 7.87. The Hall–Kier alpha value is -3.44. The number of aryl methyl sites for hydroxylation is 1. The third-order valence-electron chi connectivity index (χ3n) is 6.24. The van der Waals surface area contributed by atoms with E-state index in [0.717, 1.165) is 40.2 Å². The van der Waals surface area contributed by atoms with Gasteiger partial charge < -0.3 is 9.52 Å². The van der Waals surface area contributed by atoms with Gasteiger partial charge in [-0.3, -0.25) is 14.7 Å². The van der Waals surface area contributed by atoms with Gasteiger partial charge in [0.2, 0.25) is 0 Å². The van der Waals surface area contributed by atoms with Crippen LogP contribution in [0, 0.1) is 13.8 Å². The van der Waals surface area contributed by atoms with Gasteiger partial charge in [-0.15, -0.1) is 0 Å². The molecule has 0 amide bonds. The van der Waals surface area contributed by atoms with E-state index in [4.69, 9.17) is 19.3 Å². The molecule has 5 nitrogen and oxygen atoms in total. The minimum atomic E-state index is -0.250. The van der Waals surface area contributed by atoms with Crippen LogP contribution in [0.3, 0.4) is 0 Å². The van der Waals surface area contributed by atoms with Gasteiger partial charge in [0, 0.05) is 17.5 Å². The van der Waals surface area contributed by atoms with Crippen LogP contribution in [-0.2, 0) is 11.3 Å². The van der Waals surface area contributed by atoms with Gasteiger partial charge in [0.15, 0.2) is 5.58 Å². The summed E-state index contributed by atoms with van der Waals surface area (Å²) in [5, 5.41) is 8.04. The summed E-state index contributed by atoms with van der Waals surface area (Å²) in [6.07, 6.45) is 3.96. The number of rotatable bonds is 4. The van der Waals surface area contributed by atoms with Crippen molar-refractivity contribution in [2.45, 2.75) is 39.7 Å². The summed E-state index contributed by atoms with van der Waals surface area (Å²) in [6, 6.07) is 21.4. The van der Waals surface area contributed by atoms with Crippen molar-refractivity contribution in [2.75, 3.05) is 13.1 Å². The summed E-state index contributed by atoms with van der Waals surface area (Å²) < 4.78 is 6.33. The van der Waals surface area contributed by atoms with E-state index in [9.17, 15) is 0 Å². The van der Waals surface area contributed by atoms with Crippen LogP contribution in [0.1, 0.15) is 36.2 Å². The molecule has 1 aliphatic heterocycles. The lowest BCUT2D eigenvalue weighted by molar-refractivity contribution is -0.122. The number of hydrogen-bond donors (Lipinski definition) is 1. The zero-order valence-electron chi connectivity index (χ0n) is 19.3. The summed E-state index contributed by atoms with van der Waals surface area (Å²) in [5.74, 6) is 0.917. The van der Waals surface area contributed by atoms with Gasteiger partial charge in [-0.1, -0.05) is 55.0 Å². The number of aromatic nitrogens is 1. The Morgan fingerprint density at radius 1 is 0.970 bits per heavy atom. The SMILES string of the molecule is Cc1c(-c2ccccc2)cccc1-c1cc2cc(CN3CCCCC3)nc(C)c2o1.O=CO. The summed E-state index contributed by atoms with van der Waals surface area (Å²) in [4.78, 5) is 15.7. The number of nitrogens with zero attached hydrogens (tertiary/aromatic N) is 2. The molecule has 1 aliphatic rings. The molecule has 0 unspecified atom stereocenters. The number of carboxylic acid groups (broad SMARTS) is 1. The van der Waals surface area contributed by atoms with Crippen molar-refractivity contribution in [2.24, 2.45) is 0 Å². The molecule has 2 aromatic carbocycles. The van der Waals surface area contributed by atoms with Crippen molar-refractivity contribution in [1.82, 2.24) is 9.88 Å². The summed E-state index contributed by atoms with van der Waals surface area (Å²) in [6.45, 7) is 7.28. The molecule has 1 saturated heterocycles. The topological polar surface area (TPSA) is 66.6 Å². The minimum absolute atomic E-state index is 0.250. The Morgan fingerprint density at radius 2 is 1.67 bits per heavy atom. The van der Waals surface area contributed by atoms with E-state index in [1.54, 1.807) is 0 Å². The highest BCUT2D eigenvalue weighted by molar-refractivity contribution is 5.86. The quantitative estimate of drug-likeness (QED) is 0.367. The highest BCUT2D eigenvalue weighted by Gasteiger charge is 2.16. The predicted molar refractivity (Wildman–Crippen MR) is 132 cm³/mol. The molecule has 0 spiro atoms. The molecule has 0 bridgehead atoms. The van der Waals surface area contributed by atoms with Crippen LogP contribution in [0.2, 0.25) is 0 Å². The molecule has 3 heterocycles. The van der Waals surface area contributed by atoms with Gasteiger partial charge in [-0.2, -0.15) is 0 Å². The second-order valence-electron chi connectivity index (χ2n) is 8.51. The average molecular weight is 443 g/mol. The number of fused-ring (bicyclic) bond motifs is 1. The number of carbonyl (C=O) groups is 1. The standard InChI is InChI=1S/C27H28N2O.CH2O2/c1-19-24(21-10-5-3-6-11-21)12-9-13-25(19)26-17-22-16-23(28-20(2)27(22)30-26)18-29-14-7-4-8-15-29;2-1-3/h3,5-6,9-13,16-17H,4,7-8,14-15,18H2,1-2H3;1H,(H,2,3). The van der Waals surface area contributed by atoms with E-state index in [1.165, 1.54) is 49.0 Å². The zero-order chi connectivity index (χ0) is 23.2. The van der Waals surface area contributed by atoms with Crippen LogP contribution in [0.5, 0.6) is 0 Å². The first-order valence-electron chi connectivity index (χ1n) is 11.5. The Balaban J connectivity index is 0.000000821. The number of pyridine rings is 1. The zero-order valence-corrected chi connectivity index (χ0v) is 19.3. The number of benzene rings is 2. The number of furan rings is 1. The van der Waals surface area contributed by atoms with Crippen molar-refractivity contribution < 1.29 is 14.3 Å². The van der Waals surface area contributed by atoms with Crippen LogP contribution in [0.4, 0.5) is 0 Å². The molecule has 1 fully saturated rings. The van der Waals surface area contributed by atoms with Crippen molar-refractivity contribution in [3.05, 3.63) is 77.6 Å². The van der Waals surface area contributed by atoms with Crippen LogP contribution in [0.15, 0.2) is 65.1 Å². The van der Waals surface area contributed by atoms with Crippen LogP contribution in [-0.4, -0.2) is 34.6 Å². The van der Waals surface area contributed by atoms with E-state index in [1.807, 2.05) is 0 Å². The maximum absolute atomic E-state index is 8.36. The molecule has 4 aromatic rings. The predicted octanol–water partition coefficient (Wildman–Crippen LogP) is 6.47. The van der Waals surface area contributed by atoms with Gasteiger partial charge in [0.1, 0.15) is 5.76 Å². The Bertz CT molecular complexity index is 1220. The maximum Gasteiger partial charge on any atom is 0.290 e. The second-order valence-corrected chi connectivity index (χ2v) is 8.51.